The van der Waals surface area contributed by atoms with Gasteiger partial charge in [-0.1, -0.05) is 78.7 Å². The lowest BCUT2D eigenvalue weighted by Gasteiger charge is -2.19. The average molecular weight is 392 g/mol. The number of hydrogen-bond donors (Lipinski definition) is 1. The molecule has 0 amide bonds. The highest BCUT2D eigenvalue weighted by Gasteiger charge is 2.15. The molecule has 140 valence electrons. The molecule has 0 saturated heterocycles. The van der Waals surface area contributed by atoms with Gasteiger partial charge in [0.15, 0.2) is 0 Å². The molecule has 0 aromatic heterocycles. The Morgan fingerprint density at radius 3 is 2.38 bits per heavy atom. The molecule has 26 heavy (non-hydrogen) atoms. The summed E-state index contributed by atoms with van der Waals surface area (Å²) in [5.41, 5.74) is 3.40. The number of aryl methyl sites for hydroxylation is 1. The molecule has 0 atom stereocenters. The Balaban J connectivity index is 1.68. The smallest absolute Gasteiger partial charge is 0.142 e. The van der Waals surface area contributed by atoms with E-state index in [1.54, 1.807) is 6.07 Å². The van der Waals surface area contributed by atoms with Crippen molar-refractivity contribution >= 4 is 23.2 Å². The van der Waals surface area contributed by atoms with Crippen LogP contribution in [0, 0.1) is 6.92 Å². The van der Waals surface area contributed by atoms with Gasteiger partial charge < -0.3 is 10.1 Å². The minimum absolute atomic E-state index is 0.498. The number of rotatable bonds is 6. The third kappa shape index (κ3) is 5.64. The zero-order valence-electron chi connectivity index (χ0n) is 15.4. The molecule has 2 aromatic rings. The van der Waals surface area contributed by atoms with Crippen LogP contribution in [0.2, 0.25) is 10.0 Å². The predicted molar refractivity (Wildman–Crippen MR) is 110 cm³/mol. The van der Waals surface area contributed by atoms with Gasteiger partial charge >= 0.3 is 0 Å². The van der Waals surface area contributed by atoms with Gasteiger partial charge in [0.05, 0.1) is 5.02 Å². The first-order valence-corrected chi connectivity index (χ1v) is 10.3. The van der Waals surface area contributed by atoms with E-state index in [1.807, 2.05) is 6.07 Å². The summed E-state index contributed by atoms with van der Waals surface area (Å²) in [6, 6.07) is 12.6. The van der Waals surface area contributed by atoms with Crippen molar-refractivity contribution in [3.8, 4) is 5.75 Å². The van der Waals surface area contributed by atoms with Crippen molar-refractivity contribution < 1.29 is 4.74 Å². The summed E-state index contributed by atoms with van der Waals surface area (Å²) in [6.45, 7) is 3.31. The third-order valence-corrected chi connectivity index (χ3v) is 5.52. The largest absolute Gasteiger partial charge is 0.487 e. The second-order valence-electron chi connectivity index (χ2n) is 7.22. The first-order valence-electron chi connectivity index (χ1n) is 9.51. The fourth-order valence-corrected chi connectivity index (χ4v) is 4.07. The lowest BCUT2D eigenvalue weighted by molar-refractivity contribution is 0.301. The van der Waals surface area contributed by atoms with E-state index >= 15 is 0 Å². The zero-order valence-corrected chi connectivity index (χ0v) is 16.9. The number of nitrogens with one attached hydrogen (secondary N) is 1. The molecule has 1 aliphatic rings. The van der Waals surface area contributed by atoms with Crippen LogP contribution >= 0.6 is 23.2 Å². The molecule has 1 fully saturated rings. The Bertz CT molecular complexity index is 707. The van der Waals surface area contributed by atoms with E-state index in [-0.39, 0.29) is 0 Å². The van der Waals surface area contributed by atoms with Gasteiger partial charge in [0.25, 0.3) is 0 Å². The van der Waals surface area contributed by atoms with Gasteiger partial charge in [-0.3, -0.25) is 0 Å². The van der Waals surface area contributed by atoms with Gasteiger partial charge in [-0.15, -0.1) is 0 Å². The van der Waals surface area contributed by atoms with Crippen LogP contribution in [0.25, 0.3) is 0 Å². The Labute approximate surface area is 166 Å². The lowest BCUT2D eigenvalue weighted by atomic mass is 10.1. The molecule has 3 rings (SSSR count). The highest BCUT2D eigenvalue weighted by atomic mass is 35.5. The summed E-state index contributed by atoms with van der Waals surface area (Å²) < 4.78 is 6.08. The fraction of sp³-hybridized carbons (Fsp3) is 0.455. The van der Waals surface area contributed by atoms with E-state index < -0.39 is 0 Å². The number of hydrogen-bond acceptors (Lipinski definition) is 2. The number of halogens is 2. The maximum absolute atomic E-state index is 6.44. The van der Waals surface area contributed by atoms with Crippen LogP contribution in [0.4, 0.5) is 0 Å². The summed E-state index contributed by atoms with van der Waals surface area (Å²) in [5.74, 6) is 0.734. The predicted octanol–water partition coefficient (Wildman–Crippen LogP) is 6.69. The molecule has 2 aromatic carbocycles. The SMILES string of the molecule is Cc1ccc(COc2c(Cl)cc(Cl)cc2CNC2CCCCCC2)cc1. The van der Waals surface area contributed by atoms with Gasteiger partial charge in [-0.2, -0.15) is 0 Å². The van der Waals surface area contributed by atoms with E-state index in [9.17, 15) is 0 Å². The maximum atomic E-state index is 6.44. The highest BCUT2D eigenvalue weighted by Crippen LogP contribution is 2.33. The lowest BCUT2D eigenvalue weighted by Crippen LogP contribution is -2.28. The fourth-order valence-electron chi connectivity index (χ4n) is 3.48. The monoisotopic (exact) mass is 391 g/mol. The molecule has 0 radical (unpaired) electrons. The molecule has 0 heterocycles. The zero-order chi connectivity index (χ0) is 18.4. The van der Waals surface area contributed by atoms with Gasteiger partial charge in [0, 0.05) is 23.2 Å². The summed E-state index contributed by atoms with van der Waals surface area (Å²) in [6.07, 6.45) is 7.81. The van der Waals surface area contributed by atoms with E-state index in [1.165, 1.54) is 44.1 Å². The van der Waals surface area contributed by atoms with Crippen molar-refractivity contribution in [2.45, 2.75) is 64.6 Å². The van der Waals surface area contributed by atoms with E-state index in [0.717, 1.165) is 23.4 Å². The normalized spacial score (nSPS) is 15.7. The van der Waals surface area contributed by atoms with Crippen molar-refractivity contribution in [2.24, 2.45) is 0 Å². The summed E-state index contributed by atoms with van der Waals surface area (Å²) >= 11 is 12.7. The Morgan fingerprint density at radius 1 is 1.00 bits per heavy atom. The van der Waals surface area contributed by atoms with Crippen LogP contribution in [0.5, 0.6) is 5.75 Å². The molecular formula is C22H27Cl2NO. The first-order chi connectivity index (χ1) is 12.6. The van der Waals surface area contributed by atoms with Crippen LogP contribution in [0.1, 0.15) is 55.2 Å². The molecule has 2 nitrogen and oxygen atoms in total. The summed E-state index contributed by atoms with van der Waals surface area (Å²) in [5, 5.41) is 4.90. The quantitative estimate of drug-likeness (QED) is 0.553. The van der Waals surface area contributed by atoms with Gasteiger partial charge in [-0.05, 0) is 37.5 Å². The third-order valence-electron chi connectivity index (χ3n) is 5.03. The van der Waals surface area contributed by atoms with Crippen LogP contribution < -0.4 is 10.1 Å². The van der Waals surface area contributed by atoms with Crippen LogP contribution in [-0.2, 0) is 13.2 Å². The second-order valence-corrected chi connectivity index (χ2v) is 8.06. The molecule has 0 aliphatic heterocycles. The molecule has 0 bridgehead atoms. The van der Waals surface area contributed by atoms with Crippen molar-refractivity contribution in [1.29, 1.82) is 0 Å². The molecule has 0 spiro atoms. The van der Waals surface area contributed by atoms with Crippen LogP contribution in [-0.4, -0.2) is 6.04 Å². The number of ether oxygens (including phenoxy) is 1. The summed E-state index contributed by atoms with van der Waals surface area (Å²) in [4.78, 5) is 0. The summed E-state index contributed by atoms with van der Waals surface area (Å²) in [7, 11) is 0. The minimum Gasteiger partial charge on any atom is -0.487 e. The number of benzene rings is 2. The van der Waals surface area contributed by atoms with E-state index in [0.29, 0.717) is 22.7 Å². The van der Waals surface area contributed by atoms with Gasteiger partial charge in [0.2, 0.25) is 0 Å². The second kappa shape index (κ2) is 9.64. The Hall–Kier alpha value is -1.22. The topological polar surface area (TPSA) is 21.3 Å². The first kappa shape index (κ1) is 19.5. The van der Waals surface area contributed by atoms with E-state index in [4.69, 9.17) is 27.9 Å². The van der Waals surface area contributed by atoms with Crippen molar-refractivity contribution in [1.82, 2.24) is 5.32 Å². The van der Waals surface area contributed by atoms with Gasteiger partial charge in [0.1, 0.15) is 12.4 Å². The molecule has 1 N–H and O–H groups in total. The van der Waals surface area contributed by atoms with Crippen LogP contribution in [0.15, 0.2) is 36.4 Å². The minimum atomic E-state index is 0.498. The molecular weight excluding hydrogens is 365 g/mol. The van der Waals surface area contributed by atoms with Gasteiger partial charge in [-0.25, -0.2) is 0 Å². The average Bonchev–Trinajstić information content (AvgIpc) is 2.89. The highest BCUT2D eigenvalue weighted by molar-refractivity contribution is 6.35. The van der Waals surface area contributed by atoms with E-state index in [2.05, 4.69) is 36.5 Å². The Morgan fingerprint density at radius 2 is 1.69 bits per heavy atom. The van der Waals surface area contributed by atoms with Crippen molar-refractivity contribution in [3.05, 3.63) is 63.1 Å². The molecule has 1 aliphatic carbocycles. The molecule has 1 saturated carbocycles. The van der Waals surface area contributed by atoms with Crippen molar-refractivity contribution in [3.63, 3.8) is 0 Å². The van der Waals surface area contributed by atoms with Crippen molar-refractivity contribution in [2.75, 3.05) is 0 Å². The van der Waals surface area contributed by atoms with Crippen LogP contribution in [0.3, 0.4) is 0 Å². The standard InChI is InChI=1S/C22H27Cl2NO/c1-16-8-10-17(11-9-16)15-26-22-18(12-19(23)13-21(22)24)14-25-20-6-4-2-3-5-7-20/h8-13,20,25H,2-7,14-15H2,1H3. The molecule has 4 heteroatoms. The molecule has 0 unspecified atom stereocenters. The maximum Gasteiger partial charge on any atom is 0.142 e. The Kier molecular flexibility index (Phi) is 7.24.